The molecule has 0 saturated heterocycles. The maximum atomic E-state index is 5.09. The van der Waals surface area contributed by atoms with Crippen molar-refractivity contribution in [3.05, 3.63) is 0 Å². The van der Waals surface area contributed by atoms with E-state index in [4.69, 9.17) is 18.9 Å². The maximum absolute atomic E-state index is 5.09. The standard InChI is InChI=1S/C9H21NO4/c1-7(9(13-4)14-5)10-6-8(11-2)12-3/h7-10H,6H2,1-5H3. The van der Waals surface area contributed by atoms with Gasteiger partial charge in [0, 0.05) is 35.0 Å². The lowest BCUT2D eigenvalue weighted by Crippen LogP contribution is -2.43. The number of rotatable bonds is 8. The second kappa shape index (κ2) is 8.14. The van der Waals surface area contributed by atoms with Crippen molar-refractivity contribution in [1.82, 2.24) is 5.32 Å². The van der Waals surface area contributed by atoms with Crippen LogP contribution in [0.15, 0.2) is 0 Å². The Morgan fingerprint density at radius 3 is 1.79 bits per heavy atom. The fourth-order valence-electron chi connectivity index (χ4n) is 1.15. The molecule has 0 bridgehead atoms. The normalized spacial score (nSPS) is 13.9. The zero-order chi connectivity index (χ0) is 11.0. The van der Waals surface area contributed by atoms with Crippen LogP contribution in [0.5, 0.6) is 0 Å². The summed E-state index contributed by atoms with van der Waals surface area (Å²) in [6.07, 6.45) is -0.504. The van der Waals surface area contributed by atoms with E-state index < -0.39 is 0 Å². The van der Waals surface area contributed by atoms with Crippen molar-refractivity contribution in [2.45, 2.75) is 25.5 Å². The molecule has 1 unspecified atom stereocenters. The van der Waals surface area contributed by atoms with Gasteiger partial charge in [-0.15, -0.1) is 0 Å². The highest BCUT2D eigenvalue weighted by molar-refractivity contribution is 4.65. The lowest BCUT2D eigenvalue weighted by atomic mass is 10.3. The van der Waals surface area contributed by atoms with E-state index in [0.29, 0.717) is 6.54 Å². The average Bonchev–Trinajstić information content (AvgIpc) is 2.21. The first-order valence-corrected chi connectivity index (χ1v) is 4.54. The summed E-state index contributed by atoms with van der Waals surface area (Å²) >= 11 is 0. The summed E-state index contributed by atoms with van der Waals surface area (Å²) in [5.41, 5.74) is 0. The topological polar surface area (TPSA) is 49.0 Å². The summed E-state index contributed by atoms with van der Waals surface area (Å²) in [5.74, 6) is 0. The van der Waals surface area contributed by atoms with E-state index in [1.165, 1.54) is 0 Å². The molecule has 0 saturated carbocycles. The van der Waals surface area contributed by atoms with Crippen LogP contribution in [-0.2, 0) is 18.9 Å². The second-order valence-electron chi connectivity index (χ2n) is 2.94. The molecule has 0 aromatic carbocycles. The van der Waals surface area contributed by atoms with Crippen LogP contribution in [0.25, 0.3) is 0 Å². The summed E-state index contributed by atoms with van der Waals surface area (Å²) in [7, 11) is 6.42. The van der Waals surface area contributed by atoms with Gasteiger partial charge >= 0.3 is 0 Å². The Morgan fingerprint density at radius 1 is 0.929 bits per heavy atom. The van der Waals surface area contributed by atoms with Crippen LogP contribution >= 0.6 is 0 Å². The molecule has 0 heterocycles. The number of ether oxygens (including phenoxy) is 4. The summed E-state index contributed by atoms with van der Waals surface area (Å²) in [6.45, 7) is 2.57. The maximum Gasteiger partial charge on any atom is 0.171 e. The van der Waals surface area contributed by atoms with Gasteiger partial charge in [0.25, 0.3) is 0 Å². The van der Waals surface area contributed by atoms with Crippen molar-refractivity contribution in [2.75, 3.05) is 35.0 Å². The van der Waals surface area contributed by atoms with Crippen LogP contribution in [0.4, 0.5) is 0 Å². The molecular weight excluding hydrogens is 186 g/mol. The van der Waals surface area contributed by atoms with E-state index in [2.05, 4.69) is 5.32 Å². The summed E-state index contributed by atoms with van der Waals surface area (Å²) in [5, 5.41) is 3.19. The molecule has 5 heteroatoms. The minimum Gasteiger partial charge on any atom is -0.355 e. The monoisotopic (exact) mass is 207 g/mol. The largest absolute Gasteiger partial charge is 0.355 e. The van der Waals surface area contributed by atoms with Crippen LogP contribution in [0, 0.1) is 0 Å². The minimum atomic E-state index is -0.260. The molecule has 14 heavy (non-hydrogen) atoms. The van der Waals surface area contributed by atoms with E-state index in [-0.39, 0.29) is 18.6 Å². The van der Waals surface area contributed by atoms with Gasteiger partial charge in [-0.3, -0.25) is 0 Å². The molecule has 1 N–H and O–H groups in total. The zero-order valence-corrected chi connectivity index (χ0v) is 9.57. The molecule has 0 aliphatic heterocycles. The third kappa shape index (κ3) is 4.88. The van der Waals surface area contributed by atoms with E-state index in [1.54, 1.807) is 28.4 Å². The zero-order valence-electron chi connectivity index (χ0n) is 9.57. The van der Waals surface area contributed by atoms with Gasteiger partial charge in [-0.25, -0.2) is 0 Å². The molecular formula is C9H21NO4. The predicted molar refractivity (Wildman–Crippen MR) is 53.1 cm³/mol. The Kier molecular flexibility index (Phi) is 8.02. The van der Waals surface area contributed by atoms with Gasteiger partial charge in [0.05, 0.1) is 6.04 Å². The molecule has 1 atom stereocenters. The van der Waals surface area contributed by atoms with Crippen LogP contribution in [0.1, 0.15) is 6.92 Å². The SMILES string of the molecule is COC(CNC(C)C(OC)OC)OC. The molecule has 0 rings (SSSR count). The summed E-state index contributed by atoms with van der Waals surface area (Å²) in [6, 6.07) is 0.0813. The van der Waals surface area contributed by atoms with Crippen molar-refractivity contribution >= 4 is 0 Å². The Morgan fingerprint density at radius 2 is 1.43 bits per heavy atom. The van der Waals surface area contributed by atoms with Gasteiger partial charge in [-0.05, 0) is 6.92 Å². The second-order valence-corrected chi connectivity index (χ2v) is 2.94. The van der Waals surface area contributed by atoms with Crippen molar-refractivity contribution in [2.24, 2.45) is 0 Å². The average molecular weight is 207 g/mol. The highest BCUT2D eigenvalue weighted by Gasteiger charge is 2.16. The third-order valence-electron chi connectivity index (χ3n) is 2.01. The molecule has 86 valence electrons. The molecule has 0 radical (unpaired) electrons. The van der Waals surface area contributed by atoms with E-state index >= 15 is 0 Å². The van der Waals surface area contributed by atoms with Gasteiger partial charge in [0.15, 0.2) is 12.6 Å². The molecule has 0 aliphatic carbocycles. The van der Waals surface area contributed by atoms with Gasteiger partial charge in [-0.2, -0.15) is 0 Å². The lowest BCUT2D eigenvalue weighted by Gasteiger charge is -2.24. The Bertz CT molecular complexity index is 126. The van der Waals surface area contributed by atoms with Crippen molar-refractivity contribution in [3.63, 3.8) is 0 Å². The summed E-state index contributed by atoms with van der Waals surface area (Å²) < 4.78 is 20.2. The first kappa shape index (κ1) is 13.8. The molecule has 0 fully saturated rings. The number of hydrogen-bond acceptors (Lipinski definition) is 5. The van der Waals surface area contributed by atoms with E-state index in [9.17, 15) is 0 Å². The van der Waals surface area contributed by atoms with Crippen molar-refractivity contribution < 1.29 is 18.9 Å². The molecule has 0 aliphatic rings. The first-order valence-electron chi connectivity index (χ1n) is 4.54. The summed E-state index contributed by atoms with van der Waals surface area (Å²) in [4.78, 5) is 0. The van der Waals surface area contributed by atoms with Crippen molar-refractivity contribution in [1.29, 1.82) is 0 Å². The van der Waals surface area contributed by atoms with Crippen LogP contribution in [-0.4, -0.2) is 53.6 Å². The molecule has 5 nitrogen and oxygen atoms in total. The fraction of sp³-hybridized carbons (Fsp3) is 1.00. The minimum absolute atomic E-state index is 0.0813. The quantitative estimate of drug-likeness (QED) is 0.576. The van der Waals surface area contributed by atoms with Gasteiger partial charge < -0.3 is 24.3 Å². The Labute approximate surface area is 85.7 Å². The first-order chi connectivity index (χ1) is 6.69. The number of nitrogens with one attached hydrogen (secondary N) is 1. The predicted octanol–water partition coefficient (Wildman–Crippen LogP) is 0.202. The molecule has 0 aromatic heterocycles. The smallest absolute Gasteiger partial charge is 0.171 e. The highest BCUT2D eigenvalue weighted by atomic mass is 16.7. The van der Waals surface area contributed by atoms with Crippen LogP contribution in [0.3, 0.4) is 0 Å². The van der Waals surface area contributed by atoms with Crippen LogP contribution < -0.4 is 5.32 Å². The van der Waals surface area contributed by atoms with E-state index in [0.717, 1.165) is 0 Å². The Hall–Kier alpha value is -0.200. The number of hydrogen-bond donors (Lipinski definition) is 1. The Balaban J connectivity index is 3.75. The highest BCUT2D eigenvalue weighted by Crippen LogP contribution is 1.99. The van der Waals surface area contributed by atoms with E-state index in [1.807, 2.05) is 6.92 Å². The molecule has 0 aromatic rings. The molecule has 0 spiro atoms. The fourth-order valence-corrected chi connectivity index (χ4v) is 1.15. The van der Waals surface area contributed by atoms with Gasteiger partial charge in [0.2, 0.25) is 0 Å². The third-order valence-corrected chi connectivity index (χ3v) is 2.01. The van der Waals surface area contributed by atoms with Gasteiger partial charge in [-0.1, -0.05) is 0 Å². The van der Waals surface area contributed by atoms with Gasteiger partial charge in [0.1, 0.15) is 0 Å². The number of methoxy groups -OCH3 is 4. The molecule has 0 amide bonds. The van der Waals surface area contributed by atoms with Crippen LogP contribution in [0.2, 0.25) is 0 Å². The lowest BCUT2D eigenvalue weighted by molar-refractivity contribution is -0.131. The van der Waals surface area contributed by atoms with Crippen molar-refractivity contribution in [3.8, 4) is 0 Å².